The average molecular weight is 304 g/mol. The number of anilines is 1. The van der Waals surface area contributed by atoms with E-state index in [2.05, 4.69) is 6.58 Å². The SMILES string of the molecule is C=CCO[C@@H]1CCN2C(=O)N(c3cccc(F)c3)C(=O)[C@@H]2C1. The monoisotopic (exact) mass is 304 g/mol. The van der Waals surface area contributed by atoms with Crippen LogP contribution in [0.2, 0.25) is 0 Å². The Morgan fingerprint density at radius 1 is 1.41 bits per heavy atom. The van der Waals surface area contributed by atoms with Crippen LogP contribution in [0.4, 0.5) is 14.9 Å². The lowest BCUT2D eigenvalue weighted by Crippen LogP contribution is -2.44. The second-order valence-electron chi connectivity index (χ2n) is 5.41. The first-order valence-electron chi connectivity index (χ1n) is 7.24. The van der Waals surface area contributed by atoms with Gasteiger partial charge in [-0.25, -0.2) is 14.1 Å². The van der Waals surface area contributed by atoms with Crippen LogP contribution < -0.4 is 4.90 Å². The van der Waals surface area contributed by atoms with Gasteiger partial charge in [-0.2, -0.15) is 0 Å². The van der Waals surface area contributed by atoms with Gasteiger partial charge in [0, 0.05) is 13.0 Å². The van der Waals surface area contributed by atoms with Gasteiger partial charge in [-0.05, 0) is 24.6 Å². The molecule has 3 rings (SSSR count). The van der Waals surface area contributed by atoms with E-state index in [4.69, 9.17) is 4.74 Å². The van der Waals surface area contributed by atoms with Gasteiger partial charge in [-0.15, -0.1) is 6.58 Å². The quantitative estimate of drug-likeness (QED) is 0.633. The molecule has 6 heteroatoms. The molecule has 0 saturated carbocycles. The first-order chi connectivity index (χ1) is 10.6. The van der Waals surface area contributed by atoms with Crippen LogP contribution >= 0.6 is 0 Å². The topological polar surface area (TPSA) is 49.9 Å². The highest BCUT2D eigenvalue weighted by Gasteiger charge is 2.48. The van der Waals surface area contributed by atoms with E-state index < -0.39 is 11.9 Å². The average Bonchev–Trinajstić information content (AvgIpc) is 2.76. The highest BCUT2D eigenvalue weighted by molar-refractivity contribution is 6.21. The van der Waals surface area contributed by atoms with Crippen LogP contribution in [0, 0.1) is 5.82 Å². The molecule has 0 radical (unpaired) electrons. The predicted octanol–water partition coefficient (Wildman–Crippen LogP) is 2.33. The Hall–Kier alpha value is -2.21. The third-order valence-electron chi connectivity index (χ3n) is 4.01. The summed E-state index contributed by atoms with van der Waals surface area (Å²) in [5.74, 6) is -0.794. The molecule has 0 bridgehead atoms. The number of fused-ring (bicyclic) bond motifs is 1. The summed E-state index contributed by atoms with van der Waals surface area (Å²) in [5, 5.41) is 0. The van der Waals surface area contributed by atoms with Crippen LogP contribution in [-0.4, -0.2) is 42.1 Å². The minimum absolute atomic E-state index is 0.0662. The first-order valence-corrected chi connectivity index (χ1v) is 7.24. The van der Waals surface area contributed by atoms with Crippen LogP contribution in [0.5, 0.6) is 0 Å². The normalized spacial score (nSPS) is 24.6. The van der Waals surface area contributed by atoms with Crippen molar-refractivity contribution in [3.63, 3.8) is 0 Å². The lowest BCUT2D eigenvalue weighted by molar-refractivity contribution is -0.122. The number of hydrogen-bond donors (Lipinski definition) is 0. The molecule has 2 saturated heterocycles. The second kappa shape index (κ2) is 5.88. The molecule has 5 nitrogen and oxygen atoms in total. The molecule has 1 aromatic carbocycles. The van der Waals surface area contributed by atoms with Crippen molar-refractivity contribution in [3.05, 3.63) is 42.7 Å². The maximum absolute atomic E-state index is 13.4. The number of piperidine rings is 1. The number of benzene rings is 1. The van der Waals surface area contributed by atoms with Crippen molar-refractivity contribution in [1.82, 2.24) is 4.90 Å². The molecule has 0 N–H and O–H groups in total. The standard InChI is InChI=1S/C16H17FN2O3/c1-2-8-22-13-6-7-18-14(10-13)15(20)19(16(18)21)12-5-3-4-11(17)9-12/h2-5,9,13-14H,1,6-8,10H2/t13-,14+/m1/s1. The molecule has 0 unspecified atom stereocenters. The molecule has 0 aliphatic carbocycles. The summed E-state index contributed by atoms with van der Waals surface area (Å²) in [6.07, 6.45) is 2.74. The lowest BCUT2D eigenvalue weighted by atomic mass is 10.0. The Morgan fingerprint density at radius 3 is 2.95 bits per heavy atom. The van der Waals surface area contributed by atoms with Gasteiger partial charge in [0.2, 0.25) is 0 Å². The summed E-state index contributed by atoms with van der Waals surface area (Å²) < 4.78 is 19.0. The summed E-state index contributed by atoms with van der Waals surface area (Å²) >= 11 is 0. The van der Waals surface area contributed by atoms with Crippen molar-refractivity contribution >= 4 is 17.6 Å². The first kappa shape index (κ1) is 14.7. The molecule has 1 aromatic rings. The van der Waals surface area contributed by atoms with Crippen molar-refractivity contribution in [2.45, 2.75) is 25.0 Å². The fraction of sp³-hybridized carbons (Fsp3) is 0.375. The highest BCUT2D eigenvalue weighted by Crippen LogP contribution is 2.31. The third kappa shape index (κ3) is 2.50. The zero-order valence-electron chi connectivity index (χ0n) is 12.1. The number of urea groups is 1. The van der Waals surface area contributed by atoms with Gasteiger partial charge in [-0.1, -0.05) is 12.1 Å². The summed E-state index contributed by atoms with van der Waals surface area (Å²) in [6, 6.07) is 4.60. The number of amides is 3. The van der Waals surface area contributed by atoms with E-state index in [1.165, 1.54) is 18.2 Å². The Kier molecular flexibility index (Phi) is 3.94. The number of nitrogens with zero attached hydrogens (tertiary/aromatic N) is 2. The predicted molar refractivity (Wildman–Crippen MR) is 78.9 cm³/mol. The molecule has 2 aliphatic heterocycles. The molecular weight excluding hydrogens is 287 g/mol. The zero-order chi connectivity index (χ0) is 15.7. The number of carbonyl (C=O) groups is 2. The van der Waals surface area contributed by atoms with Gasteiger partial charge in [-0.3, -0.25) is 4.79 Å². The summed E-state index contributed by atoms with van der Waals surface area (Å²) in [4.78, 5) is 27.6. The highest BCUT2D eigenvalue weighted by atomic mass is 19.1. The van der Waals surface area contributed by atoms with Crippen LogP contribution in [0.25, 0.3) is 0 Å². The van der Waals surface area contributed by atoms with E-state index >= 15 is 0 Å². The van der Waals surface area contributed by atoms with E-state index in [1.54, 1.807) is 17.0 Å². The Morgan fingerprint density at radius 2 is 2.23 bits per heavy atom. The molecule has 0 aromatic heterocycles. The van der Waals surface area contributed by atoms with E-state index in [0.717, 1.165) is 4.90 Å². The van der Waals surface area contributed by atoms with Crippen LogP contribution in [0.1, 0.15) is 12.8 Å². The van der Waals surface area contributed by atoms with Crippen LogP contribution in [-0.2, 0) is 9.53 Å². The fourth-order valence-corrected chi connectivity index (χ4v) is 2.98. The minimum Gasteiger partial charge on any atom is -0.374 e. The van der Waals surface area contributed by atoms with Gasteiger partial charge < -0.3 is 9.64 Å². The van der Waals surface area contributed by atoms with E-state index in [-0.39, 0.29) is 23.7 Å². The Bertz CT molecular complexity index is 619. The molecule has 3 amide bonds. The van der Waals surface area contributed by atoms with Gasteiger partial charge in [0.05, 0.1) is 18.4 Å². The fourth-order valence-electron chi connectivity index (χ4n) is 2.98. The molecule has 2 aliphatic rings. The maximum Gasteiger partial charge on any atom is 0.332 e. The largest absolute Gasteiger partial charge is 0.374 e. The van der Waals surface area contributed by atoms with E-state index in [0.29, 0.717) is 26.0 Å². The van der Waals surface area contributed by atoms with Crippen molar-refractivity contribution in [3.8, 4) is 0 Å². The maximum atomic E-state index is 13.4. The van der Waals surface area contributed by atoms with Gasteiger partial charge in [0.15, 0.2) is 0 Å². The number of hydrogen-bond acceptors (Lipinski definition) is 3. The van der Waals surface area contributed by atoms with Gasteiger partial charge >= 0.3 is 6.03 Å². The number of halogens is 1. The summed E-state index contributed by atoms with van der Waals surface area (Å²) in [7, 11) is 0. The van der Waals surface area contributed by atoms with Crippen molar-refractivity contribution in [1.29, 1.82) is 0 Å². The zero-order valence-corrected chi connectivity index (χ0v) is 12.1. The van der Waals surface area contributed by atoms with E-state index in [9.17, 15) is 14.0 Å². The molecule has 2 atom stereocenters. The molecule has 2 heterocycles. The number of carbonyl (C=O) groups excluding carboxylic acids is 2. The smallest absolute Gasteiger partial charge is 0.332 e. The van der Waals surface area contributed by atoms with Crippen molar-refractivity contribution < 1.29 is 18.7 Å². The van der Waals surface area contributed by atoms with Crippen LogP contribution in [0.3, 0.4) is 0 Å². The molecule has 2 fully saturated rings. The molecular formula is C16H17FN2O3. The number of imide groups is 1. The van der Waals surface area contributed by atoms with E-state index in [1.807, 2.05) is 0 Å². The van der Waals surface area contributed by atoms with Gasteiger partial charge in [0.1, 0.15) is 11.9 Å². The molecule has 0 spiro atoms. The number of ether oxygens (including phenoxy) is 1. The molecule has 116 valence electrons. The van der Waals surface area contributed by atoms with Crippen molar-refractivity contribution in [2.75, 3.05) is 18.1 Å². The van der Waals surface area contributed by atoms with Crippen LogP contribution in [0.15, 0.2) is 36.9 Å². The van der Waals surface area contributed by atoms with Crippen molar-refractivity contribution in [2.24, 2.45) is 0 Å². The number of rotatable bonds is 4. The third-order valence-corrected chi connectivity index (χ3v) is 4.01. The second-order valence-corrected chi connectivity index (χ2v) is 5.41. The Balaban J connectivity index is 1.81. The summed E-state index contributed by atoms with van der Waals surface area (Å²) in [5.41, 5.74) is 0.271. The lowest BCUT2D eigenvalue weighted by Gasteiger charge is -2.32. The summed E-state index contributed by atoms with van der Waals surface area (Å²) in [6.45, 7) is 4.48. The minimum atomic E-state index is -0.528. The molecule has 22 heavy (non-hydrogen) atoms. The Labute approximate surface area is 128 Å². The van der Waals surface area contributed by atoms with Gasteiger partial charge in [0.25, 0.3) is 5.91 Å².